The Morgan fingerprint density at radius 2 is 1.69 bits per heavy atom. The Labute approximate surface area is 106 Å². The molecule has 0 unspecified atom stereocenters. The third-order valence-electron chi connectivity index (χ3n) is 1.53. The molecule has 0 aromatic rings. The molecule has 0 radical (unpaired) electrons. The smallest absolute Gasteiger partial charge is 0.311 e. The number of unbranched alkanes of at least 4 members (excludes halogenated alkanes) is 2. The third kappa shape index (κ3) is 6.21. The highest BCUT2D eigenvalue weighted by Crippen LogP contribution is 2.30. The topological polar surface area (TPSA) is 60.7 Å². The fraction of sp³-hybridized carbons (Fsp3) is 0.750. The largest absolute Gasteiger partial charge is 0.339 e. The molecule has 0 atom stereocenters. The normalized spacial score (nSPS) is 14.3. The van der Waals surface area contributed by atoms with Crippen LogP contribution in [-0.4, -0.2) is 21.3 Å². The Morgan fingerprint density at radius 3 is 2.08 bits per heavy atom. The van der Waals surface area contributed by atoms with Crippen molar-refractivity contribution in [3.63, 3.8) is 0 Å². The Kier molecular flexibility index (Phi) is 7.09. The highest BCUT2D eigenvalue weighted by atomic mass is 127. The van der Waals surface area contributed by atoms with Crippen molar-refractivity contribution in [2.24, 2.45) is 0 Å². The van der Waals surface area contributed by atoms with Gasteiger partial charge < -0.3 is 15.3 Å². The van der Waals surface area contributed by atoms with Gasteiger partial charge in [0, 0.05) is 3.58 Å². The standard InChI is InChI=1S/C8H14I2O3/c1-2-3-4-5-6(9)7(10)8(11,12)13/h11-13H,2-5H2,1H3. The van der Waals surface area contributed by atoms with E-state index in [-0.39, 0.29) is 3.58 Å². The summed E-state index contributed by atoms with van der Waals surface area (Å²) in [6.07, 6.45) is 4.04. The Hall–Kier alpha value is 1.08. The highest BCUT2D eigenvalue weighted by molar-refractivity contribution is 14.1. The molecule has 0 saturated heterocycles. The molecule has 78 valence electrons. The van der Waals surface area contributed by atoms with Crippen molar-refractivity contribution in [3.05, 3.63) is 7.16 Å². The van der Waals surface area contributed by atoms with Crippen molar-refractivity contribution in [3.8, 4) is 0 Å². The van der Waals surface area contributed by atoms with Crippen molar-refractivity contribution in [1.82, 2.24) is 0 Å². The maximum Gasteiger partial charge on any atom is 0.311 e. The number of allylic oxidation sites excluding steroid dienone is 1. The van der Waals surface area contributed by atoms with E-state index >= 15 is 0 Å². The van der Waals surface area contributed by atoms with Gasteiger partial charge in [-0.15, -0.1) is 0 Å². The molecule has 13 heavy (non-hydrogen) atoms. The van der Waals surface area contributed by atoms with Crippen LogP contribution in [0.3, 0.4) is 0 Å². The van der Waals surface area contributed by atoms with E-state index in [9.17, 15) is 0 Å². The predicted molar refractivity (Wildman–Crippen MR) is 68.6 cm³/mol. The lowest BCUT2D eigenvalue weighted by Crippen LogP contribution is -2.27. The van der Waals surface area contributed by atoms with Crippen molar-refractivity contribution in [2.75, 3.05) is 0 Å². The Balaban J connectivity index is 4.12. The second-order valence-electron chi connectivity index (χ2n) is 2.81. The van der Waals surface area contributed by atoms with Crippen LogP contribution < -0.4 is 0 Å². The number of hydrogen-bond donors (Lipinski definition) is 3. The fourth-order valence-electron chi connectivity index (χ4n) is 0.822. The summed E-state index contributed by atoms with van der Waals surface area (Å²) in [5.74, 6) is -2.66. The summed E-state index contributed by atoms with van der Waals surface area (Å²) in [7, 11) is 0. The van der Waals surface area contributed by atoms with Crippen LogP contribution in [0.2, 0.25) is 0 Å². The maximum atomic E-state index is 8.85. The van der Waals surface area contributed by atoms with Crippen LogP contribution in [0.15, 0.2) is 7.16 Å². The molecular formula is C8H14I2O3. The highest BCUT2D eigenvalue weighted by Gasteiger charge is 2.25. The van der Waals surface area contributed by atoms with Crippen LogP contribution in [-0.2, 0) is 0 Å². The van der Waals surface area contributed by atoms with E-state index < -0.39 is 5.97 Å². The molecule has 0 aliphatic carbocycles. The van der Waals surface area contributed by atoms with Gasteiger partial charge in [-0.2, -0.15) is 0 Å². The molecule has 0 spiro atoms. The predicted octanol–water partition coefficient (Wildman–Crippen LogP) is 2.28. The summed E-state index contributed by atoms with van der Waals surface area (Å²) >= 11 is 3.77. The van der Waals surface area contributed by atoms with E-state index in [4.69, 9.17) is 15.3 Å². The monoisotopic (exact) mass is 412 g/mol. The SMILES string of the molecule is CCCCCC(I)=C(I)C(O)(O)O. The number of hydrogen-bond acceptors (Lipinski definition) is 3. The minimum Gasteiger partial charge on any atom is -0.339 e. The Morgan fingerprint density at radius 1 is 1.15 bits per heavy atom. The van der Waals surface area contributed by atoms with E-state index in [1.54, 1.807) is 22.6 Å². The zero-order valence-electron chi connectivity index (χ0n) is 7.43. The molecular weight excluding hydrogens is 398 g/mol. The molecule has 5 heteroatoms. The van der Waals surface area contributed by atoms with E-state index in [1.165, 1.54) is 0 Å². The van der Waals surface area contributed by atoms with Crippen molar-refractivity contribution < 1.29 is 15.3 Å². The van der Waals surface area contributed by atoms with Crippen molar-refractivity contribution >= 4 is 45.2 Å². The summed E-state index contributed by atoms with van der Waals surface area (Å²) in [6, 6.07) is 0. The lowest BCUT2D eigenvalue weighted by atomic mass is 10.2. The van der Waals surface area contributed by atoms with Gasteiger partial charge in [0.25, 0.3) is 0 Å². The first-order valence-corrected chi connectivity index (χ1v) is 6.27. The van der Waals surface area contributed by atoms with Crippen LogP contribution in [0.1, 0.15) is 32.6 Å². The van der Waals surface area contributed by atoms with Gasteiger partial charge in [0.05, 0.1) is 3.58 Å². The molecule has 3 N–H and O–H groups in total. The van der Waals surface area contributed by atoms with Crippen LogP contribution in [0.5, 0.6) is 0 Å². The van der Waals surface area contributed by atoms with Gasteiger partial charge in [0.1, 0.15) is 0 Å². The average Bonchev–Trinajstić information content (AvgIpc) is 2.01. The molecule has 0 aromatic carbocycles. The molecule has 0 aliphatic rings. The summed E-state index contributed by atoms with van der Waals surface area (Å²) in [4.78, 5) is 0. The third-order valence-corrected chi connectivity index (χ3v) is 5.02. The zero-order valence-corrected chi connectivity index (χ0v) is 11.7. The van der Waals surface area contributed by atoms with Crippen LogP contribution in [0.4, 0.5) is 0 Å². The number of aliphatic hydroxyl groups is 3. The lowest BCUT2D eigenvalue weighted by molar-refractivity contribution is -0.275. The van der Waals surface area contributed by atoms with Gasteiger partial charge in [-0.25, -0.2) is 0 Å². The fourth-order valence-corrected chi connectivity index (χ4v) is 1.83. The molecule has 0 saturated carbocycles. The maximum absolute atomic E-state index is 8.85. The summed E-state index contributed by atoms with van der Waals surface area (Å²) < 4.78 is 1.00. The van der Waals surface area contributed by atoms with Gasteiger partial charge >= 0.3 is 5.97 Å². The molecule has 0 rings (SSSR count). The quantitative estimate of drug-likeness (QED) is 0.369. The first-order valence-electron chi connectivity index (χ1n) is 4.11. The second kappa shape index (κ2) is 6.54. The summed E-state index contributed by atoms with van der Waals surface area (Å²) in [6.45, 7) is 2.11. The average molecular weight is 412 g/mol. The minimum atomic E-state index is -2.66. The summed E-state index contributed by atoms with van der Waals surface area (Å²) in [5.41, 5.74) is 0. The number of halogens is 2. The first-order chi connectivity index (χ1) is 5.89. The first kappa shape index (κ1) is 14.1. The zero-order chi connectivity index (χ0) is 10.5. The van der Waals surface area contributed by atoms with E-state index in [0.29, 0.717) is 0 Å². The van der Waals surface area contributed by atoms with Crippen molar-refractivity contribution in [1.29, 1.82) is 0 Å². The van der Waals surface area contributed by atoms with Crippen molar-refractivity contribution in [2.45, 2.75) is 38.6 Å². The number of rotatable bonds is 5. The molecule has 0 heterocycles. The summed E-state index contributed by atoms with van der Waals surface area (Å²) in [5, 5.41) is 26.6. The van der Waals surface area contributed by atoms with Crippen LogP contribution in [0.25, 0.3) is 0 Å². The molecule has 0 bridgehead atoms. The second-order valence-corrected chi connectivity index (χ2v) is 5.19. The van der Waals surface area contributed by atoms with Crippen LogP contribution >= 0.6 is 45.2 Å². The molecule has 0 amide bonds. The lowest BCUT2D eigenvalue weighted by Gasteiger charge is -2.15. The van der Waals surface area contributed by atoms with Crippen LogP contribution in [0, 0.1) is 0 Å². The van der Waals surface area contributed by atoms with E-state index in [1.807, 2.05) is 22.6 Å². The van der Waals surface area contributed by atoms with Gasteiger partial charge in [-0.1, -0.05) is 19.8 Å². The van der Waals surface area contributed by atoms with E-state index in [2.05, 4.69) is 6.92 Å². The van der Waals surface area contributed by atoms with Gasteiger partial charge in [0.2, 0.25) is 0 Å². The molecule has 0 aliphatic heterocycles. The molecule has 0 fully saturated rings. The van der Waals surface area contributed by atoms with Gasteiger partial charge in [-0.3, -0.25) is 0 Å². The van der Waals surface area contributed by atoms with Gasteiger partial charge in [0.15, 0.2) is 0 Å². The Bertz CT molecular complexity index is 184. The molecule has 3 nitrogen and oxygen atoms in total. The van der Waals surface area contributed by atoms with E-state index in [0.717, 1.165) is 29.3 Å². The van der Waals surface area contributed by atoms with Gasteiger partial charge in [-0.05, 0) is 58.0 Å². The molecule has 0 aromatic heterocycles. The minimum absolute atomic E-state index is 0.196.